The second-order valence-electron chi connectivity index (χ2n) is 10.1. The summed E-state index contributed by atoms with van der Waals surface area (Å²) in [5.74, 6) is -1.71. The fourth-order valence-electron chi connectivity index (χ4n) is 4.63. The van der Waals surface area contributed by atoms with Crippen LogP contribution in [0.3, 0.4) is 0 Å². The van der Waals surface area contributed by atoms with Crippen LogP contribution >= 0.6 is 0 Å². The van der Waals surface area contributed by atoms with Gasteiger partial charge in [0, 0.05) is 31.2 Å². The fraction of sp³-hybridized carbons (Fsp3) is 0.643. The van der Waals surface area contributed by atoms with Crippen molar-refractivity contribution >= 4 is 23.4 Å². The van der Waals surface area contributed by atoms with Crippen molar-refractivity contribution in [3.05, 3.63) is 29.8 Å². The van der Waals surface area contributed by atoms with Gasteiger partial charge in [0.15, 0.2) is 11.6 Å². The van der Waals surface area contributed by atoms with Crippen LogP contribution in [0.15, 0.2) is 24.3 Å². The zero-order chi connectivity index (χ0) is 27.2. The number of ketones is 2. The van der Waals surface area contributed by atoms with Crippen molar-refractivity contribution in [3.8, 4) is 5.75 Å². The minimum absolute atomic E-state index is 0.00213. The van der Waals surface area contributed by atoms with E-state index in [4.69, 9.17) is 4.74 Å². The smallest absolute Gasteiger partial charge is 0.224 e. The van der Waals surface area contributed by atoms with E-state index in [1.54, 1.807) is 0 Å². The maximum absolute atomic E-state index is 13.5. The fourth-order valence-corrected chi connectivity index (χ4v) is 4.63. The molecule has 0 aromatic heterocycles. The van der Waals surface area contributed by atoms with Gasteiger partial charge in [0.25, 0.3) is 0 Å². The Labute approximate surface area is 220 Å². The van der Waals surface area contributed by atoms with Crippen molar-refractivity contribution in [2.75, 3.05) is 33.4 Å². The highest BCUT2D eigenvalue weighted by atomic mass is 16.5. The Morgan fingerprint density at radius 1 is 1.11 bits per heavy atom. The molecule has 2 aliphatic heterocycles. The van der Waals surface area contributed by atoms with E-state index in [9.17, 15) is 24.3 Å². The molecule has 1 unspecified atom stereocenters. The highest BCUT2D eigenvalue weighted by Crippen LogP contribution is 2.27. The molecular weight excluding hydrogens is 474 g/mol. The second-order valence-corrected chi connectivity index (χ2v) is 10.1. The third kappa shape index (κ3) is 10.6. The quantitative estimate of drug-likeness (QED) is 0.311. The maximum atomic E-state index is 13.5. The number of carbonyl (C=O) groups excluding carboxylic acids is 4. The number of carbonyl (C=O) groups is 4. The largest absolute Gasteiger partial charge is 0.494 e. The molecule has 2 bridgehead atoms. The molecule has 3 rings (SSSR count). The summed E-state index contributed by atoms with van der Waals surface area (Å²) in [5.41, 5.74) is 0.850. The average molecular weight is 518 g/mol. The lowest BCUT2D eigenvalue weighted by molar-refractivity contribution is -0.137. The van der Waals surface area contributed by atoms with Gasteiger partial charge >= 0.3 is 0 Å². The minimum Gasteiger partial charge on any atom is -0.494 e. The Balaban J connectivity index is 2.24. The van der Waals surface area contributed by atoms with Gasteiger partial charge in [-0.15, -0.1) is 0 Å². The molecule has 2 amide bonds. The van der Waals surface area contributed by atoms with Crippen molar-refractivity contribution in [2.24, 2.45) is 17.8 Å². The number of aliphatic hydroxyl groups is 1. The van der Waals surface area contributed by atoms with Gasteiger partial charge in [0.2, 0.25) is 11.8 Å². The number of aliphatic hydroxyl groups excluding tert-OH is 1. The van der Waals surface area contributed by atoms with E-state index < -0.39 is 24.5 Å². The second kappa shape index (κ2) is 16.1. The first-order valence-electron chi connectivity index (χ1n) is 13.3. The number of amides is 2. The minimum atomic E-state index is -0.834. The molecule has 2 heterocycles. The molecule has 0 aliphatic carbocycles. The summed E-state index contributed by atoms with van der Waals surface area (Å²) in [5, 5.41) is 18.3. The van der Waals surface area contributed by atoms with Crippen molar-refractivity contribution in [3.63, 3.8) is 0 Å². The van der Waals surface area contributed by atoms with Crippen LogP contribution in [0.5, 0.6) is 5.75 Å². The number of benzene rings is 1. The van der Waals surface area contributed by atoms with E-state index in [0.29, 0.717) is 38.2 Å². The molecule has 0 radical (unpaired) electrons. The first-order chi connectivity index (χ1) is 17.7. The monoisotopic (exact) mass is 517 g/mol. The average Bonchev–Trinajstić information content (AvgIpc) is 2.88. The van der Waals surface area contributed by atoms with Crippen LogP contribution in [0.1, 0.15) is 57.9 Å². The van der Waals surface area contributed by atoms with Crippen molar-refractivity contribution < 1.29 is 29.0 Å². The van der Waals surface area contributed by atoms with E-state index in [1.165, 1.54) is 0 Å². The normalized spacial score (nSPS) is 20.6. The maximum Gasteiger partial charge on any atom is 0.224 e. The predicted octanol–water partition coefficient (Wildman–Crippen LogP) is 1.80. The number of rotatable bonds is 12. The SMILES string of the molecule is CNCCCNC(=O)CCC(=O)C1Cc2ccc(cc2)OCCC[C@H](C(=O)CO)[C@@H](CC(C)C)C(=O)N1. The molecule has 4 N–H and O–H groups in total. The summed E-state index contributed by atoms with van der Waals surface area (Å²) in [4.78, 5) is 51.7. The number of nitrogens with one attached hydrogen (secondary N) is 3. The lowest BCUT2D eigenvalue weighted by Gasteiger charge is -2.29. The van der Waals surface area contributed by atoms with Crippen LogP contribution in [0.4, 0.5) is 0 Å². The topological polar surface area (TPSA) is 134 Å². The molecule has 9 nitrogen and oxygen atoms in total. The summed E-state index contributed by atoms with van der Waals surface area (Å²) in [7, 11) is 1.84. The Morgan fingerprint density at radius 2 is 1.84 bits per heavy atom. The van der Waals surface area contributed by atoms with Gasteiger partial charge in [-0.05, 0) is 69.3 Å². The number of hydrogen-bond donors (Lipinski definition) is 4. The summed E-state index contributed by atoms with van der Waals surface area (Å²) >= 11 is 0. The predicted molar refractivity (Wildman–Crippen MR) is 141 cm³/mol. The molecule has 0 saturated carbocycles. The van der Waals surface area contributed by atoms with Gasteiger partial charge in [0.1, 0.15) is 12.4 Å². The van der Waals surface area contributed by atoms with Gasteiger partial charge in [-0.1, -0.05) is 26.0 Å². The lowest BCUT2D eigenvalue weighted by atomic mass is 9.79. The van der Waals surface area contributed by atoms with E-state index in [0.717, 1.165) is 18.5 Å². The molecule has 9 heteroatoms. The van der Waals surface area contributed by atoms with Gasteiger partial charge in [-0.3, -0.25) is 19.2 Å². The third-order valence-corrected chi connectivity index (χ3v) is 6.64. The van der Waals surface area contributed by atoms with Crippen LogP contribution < -0.4 is 20.7 Å². The zero-order valence-electron chi connectivity index (χ0n) is 22.4. The van der Waals surface area contributed by atoms with Crippen LogP contribution in [-0.4, -0.2) is 67.9 Å². The Hall–Kier alpha value is -2.78. The molecule has 0 fully saturated rings. The molecule has 0 saturated heterocycles. The number of hydrogen-bond acceptors (Lipinski definition) is 7. The standard InChI is InChI=1S/C28H43N3O6/c1-19(2)16-23-22(26(34)18-32)6-4-15-37-21-9-7-20(8-10-21)17-24(31-28(23)36)25(33)11-12-27(35)30-14-5-13-29-3/h7-10,19,22-24,29,32H,4-6,11-18H2,1-3H3,(H,30,35)(H,31,36)/t22-,23+,24?/m0/s1. The number of ether oxygens (including phenoxy) is 1. The van der Waals surface area contributed by atoms with Gasteiger partial charge in [-0.2, -0.15) is 0 Å². The van der Waals surface area contributed by atoms with Crippen molar-refractivity contribution in [1.29, 1.82) is 0 Å². The Morgan fingerprint density at radius 3 is 2.49 bits per heavy atom. The molecule has 0 spiro atoms. The zero-order valence-corrected chi connectivity index (χ0v) is 22.4. The molecule has 1 aromatic rings. The summed E-state index contributed by atoms with van der Waals surface area (Å²) in [6, 6.07) is 6.54. The molecule has 1 aromatic carbocycles. The van der Waals surface area contributed by atoms with E-state index in [-0.39, 0.29) is 48.6 Å². The van der Waals surface area contributed by atoms with Crippen LogP contribution in [0, 0.1) is 17.8 Å². The van der Waals surface area contributed by atoms with Gasteiger partial charge < -0.3 is 25.8 Å². The Kier molecular flexibility index (Phi) is 13.3. The third-order valence-electron chi connectivity index (χ3n) is 6.64. The van der Waals surface area contributed by atoms with Crippen LogP contribution in [0.2, 0.25) is 0 Å². The first-order valence-corrected chi connectivity index (χ1v) is 13.3. The van der Waals surface area contributed by atoms with Gasteiger partial charge in [-0.25, -0.2) is 0 Å². The molecule has 3 atom stereocenters. The lowest BCUT2D eigenvalue weighted by Crippen LogP contribution is -2.48. The molecular formula is C28H43N3O6. The highest BCUT2D eigenvalue weighted by molar-refractivity contribution is 5.94. The van der Waals surface area contributed by atoms with E-state index in [2.05, 4.69) is 16.0 Å². The summed E-state index contributed by atoms with van der Waals surface area (Å²) < 4.78 is 5.81. The van der Waals surface area contributed by atoms with Crippen molar-refractivity contribution in [1.82, 2.24) is 16.0 Å². The van der Waals surface area contributed by atoms with E-state index in [1.807, 2.05) is 45.2 Å². The van der Waals surface area contributed by atoms with Crippen molar-refractivity contribution in [2.45, 2.75) is 64.8 Å². The molecule has 37 heavy (non-hydrogen) atoms. The van der Waals surface area contributed by atoms with Gasteiger partial charge in [0.05, 0.1) is 12.6 Å². The summed E-state index contributed by atoms with van der Waals surface area (Å²) in [6.45, 7) is 5.01. The highest BCUT2D eigenvalue weighted by Gasteiger charge is 2.35. The number of Topliss-reactive ketones (excluding diaryl/α,β-unsaturated/α-hetero) is 2. The molecule has 2 aliphatic rings. The van der Waals surface area contributed by atoms with Crippen LogP contribution in [-0.2, 0) is 25.6 Å². The molecule has 206 valence electrons. The number of fused-ring (bicyclic) bond motifs is 11. The first kappa shape index (κ1) is 30.4. The summed E-state index contributed by atoms with van der Waals surface area (Å²) in [6.07, 6.45) is 2.49. The van der Waals surface area contributed by atoms with Crippen LogP contribution in [0.25, 0.3) is 0 Å². The van der Waals surface area contributed by atoms with E-state index >= 15 is 0 Å². The Bertz CT molecular complexity index is 886.